The minimum atomic E-state index is -3.46. The van der Waals surface area contributed by atoms with E-state index in [-0.39, 0.29) is 4.90 Å². The average Bonchev–Trinajstić information content (AvgIpc) is 2.78. The Hall–Kier alpha value is -1.03. The van der Waals surface area contributed by atoms with E-state index < -0.39 is 20.5 Å². The zero-order valence-electron chi connectivity index (χ0n) is 10.5. The van der Waals surface area contributed by atoms with E-state index in [0.29, 0.717) is 11.4 Å². The fourth-order valence-corrected chi connectivity index (χ4v) is 5.14. The molecule has 0 unspecified atom stereocenters. The van der Waals surface area contributed by atoms with Crippen LogP contribution in [0, 0.1) is 0 Å². The van der Waals surface area contributed by atoms with E-state index in [1.807, 2.05) is 24.3 Å². The van der Waals surface area contributed by atoms with E-state index in [1.54, 1.807) is 12.1 Å². The van der Waals surface area contributed by atoms with Crippen LogP contribution in [0.3, 0.4) is 0 Å². The molecule has 2 atom stereocenters. The van der Waals surface area contributed by atoms with E-state index in [1.165, 1.54) is 12.1 Å². The fourth-order valence-electron chi connectivity index (χ4n) is 2.58. The molecule has 104 valence electrons. The zero-order chi connectivity index (χ0) is 14.3. The SMILES string of the molecule is O=S(=O)(c1ccc(Cl)cc1)[C@@H]1Cc2ccccc2[C@@H]1Cl. The van der Waals surface area contributed by atoms with Crippen LogP contribution in [0.5, 0.6) is 0 Å². The first-order chi connectivity index (χ1) is 9.50. The molecule has 2 aromatic carbocycles. The summed E-state index contributed by atoms with van der Waals surface area (Å²) in [6, 6.07) is 13.8. The first-order valence-corrected chi connectivity index (χ1v) is 8.57. The van der Waals surface area contributed by atoms with E-state index in [2.05, 4.69) is 0 Å². The molecule has 1 aliphatic carbocycles. The van der Waals surface area contributed by atoms with Crippen LogP contribution < -0.4 is 0 Å². The minimum Gasteiger partial charge on any atom is -0.223 e. The Kier molecular flexibility index (Phi) is 3.53. The zero-order valence-corrected chi connectivity index (χ0v) is 12.8. The van der Waals surface area contributed by atoms with Gasteiger partial charge in [-0.2, -0.15) is 0 Å². The van der Waals surface area contributed by atoms with E-state index >= 15 is 0 Å². The molecule has 0 aromatic heterocycles. The highest BCUT2D eigenvalue weighted by Crippen LogP contribution is 2.41. The van der Waals surface area contributed by atoms with E-state index in [4.69, 9.17) is 23.2 Å². The van der Waals surface area contributed by atoms with Crippen molar-refractivity contribution in [1.29, 1.82) is 0 Å². The summed E-state index contributed by atoms with van der Waals surface area (Å²) in [6.07, 6.45) is 0.454. The number of alkyl halides is 1. The normalized spacial score (nSPS) is 21.7. The van der Waals surface area contributed by atoms with Crippen LogP contribution in [0.2, 0.25) is 5.02 Å². The molecule has 5 heteroatoms. The van der Waals surface area contributed by atoms with Crippen molar-refractivity contribution in [3.8, 4) is 0 Å². The van der Waals surface area contributed by atoms with E-state index in [9.17, 15) is 8.42 Å². The van der Waals surface area contributed by atoms with Gasteiger partial charge in [-0.15, -0.1) is 11.6 Å². The van der Waals surface area contributed by atoms with Crippen LogP contribution in [0.4, 0.5) is 0 Å². The predicted octanol–water partition coefficient (Wildman–Crippen LogP) is 4.02. The summed E-state index contributed by atoms with van der Waals surface area (Å²) in [6.45, 7) is 0. The Balaban J connectivity index is 2.00. The number of sulfone groups is 1. The first kappa shape index (κ1) is 13.9. The Bertz CT molecular complexity index is 739. The standard InChI is InChI=1S/C15H12Cl2O2S/c16-11-5-7-12(8-6-11)20(18,19)14-9-10-3-1-2-4-13(10)15(14)17/h1-8,14-15H,9H2/t14-,15+/m1/s1. The number of hydrogen-bond donors (Lipinski definition) is 0. The van der Waals surface area contributed by atoms with Gasteiger partial charge in [-0.05, 0) is 41.8 Å². The van der Waals surface area contributed by atoms with Gasteiger partial charge in [0.15, 0.2) is 9.84 Å². The number of benzene rings is 2. The summed E-state index contributed by atoms with van der Waals surface area (Å²) in [5.74, 6) is 0. The first-order valence-electron chi connectivity index (χ1n) is 6.21. The highest BCUT2D eigenvalue weighted by Gasteiger charge is 2.40. The predicted molar refractivity (Wildman–Crippen MR) is 81.2 cm³/mol. The van der Waals surface area contributed by atoms with Crippen molar-refractivity contribution < 1.29 is 8.42 Å². The third-order valence-corrected chi connectivity index (χ3v) is 6.75. The average molecular weight is 327 g/mol. The molecule has 0 bridgehead atoms. The molecule has 1 aliphatic rings. The van der Waals surface area contributed by atoms with Gasteiger partial charge in [-0.1, -0.05) is 35.9 Å². The highest BCUT2D eigenvalue weighted by atomic mass is 35.5. The van der Waals surface area contributed by atoms with Gasteiger partial charge >= 0.3 is 0 Å². The molecular weight excluding hydrogens is 315 g/mol. The van der Waals surface area contributed by atoms with Gasteiger partial charge < -0.3 is 0 Å². The van der Waals surface area contributed by atoms with Crippen LogP contribution >= 0.6 is 23.2 Å². The summed E-state index contributed by atoms with van der Waals surface area (Å²) < 4.78 is 25.4. The van der Waals surface area contributed by atoms with Crippen molar-refractivity contribution in [3.63, 3.8) is 0 Å². The van der Waals surface area contributed by atoms with Crippen LogP contribution in [0.15, 0.2) is 53.4 Å². The number of rotatable bonds is 2. The Morgan fingerprint density at radius 1 is 1.00 bits per heavy atom. The lowest BCUT2D eigenvalue weighted by atomic mass is 10.1. The van der Waals surface area contributed by atoms with Gasteiger partial charge in [-0.25, -0.2) is 8.42 Å². The lowest BCUT2D eigenvalue weighted by Crippen LogP contribution is -2.23. The third kappa shape index (κ3) is 2.24. The number of fused-ring (bicyclic) bond motifs is 1. The summed E-state index contributed by atoms with van der Waals surface area (Å²) >= 11 is 12.2. The highest BCUT2D eigenvalue weighted by molar-refractivity contribution is 7.92. The van der Waals surface area contributed by atoms with Crippen molar-refractivity contribution in [3.05, 3.63) is 64.7 Å². The van der Waals surface area contributed by atoms with Crippen molar-refractivity contribution >= 4 is 33.0 Å². The van der Waals surface area contributed by atoms with E-state index in [0.717, 1.165) is 11.1 Å². The second-order valence-electron chi connectivity index (χ2n) is 4.84. The molecule has 0 fully saturated rings. The molecule has 2 aromatic rings. The van der Waals surface area contributed by atoms with Crippen molar-refractivity contribution in [1.82, 2.24) is 0 Å². The van der Waals surface area contributed by atoms with Gasteiger partial charge in [-0.3, -0.25) is 0 Å². The number of hydrogen-bond acceptors (Lipinski definition) is 2. The van der Waals surface area contributed by atoms with Gasteiger partial charge in [0.2, 0.25) is 0 Å². The smallest absolute Gasteiger partial charge is 0.183 e. The summed E-state index contributed by atoms with van der Waals surface area (Å²) in [5, 5.41) is -0.615. The van der Waals surface area contributed by atoms with Crippen LogP contribution in [-0.4, -0.2) is 13.7 Å². The minimum absolute atomic E-state index is 0.269. The molecule has 0 spiro atoms. The maximum absolute atomic E-state index is 12.7. The van der Waals surface area contributed by atoms with Gasteiger partial charge in [0.05, 0.1) is 15.5 Å². The van der Waals surface area contributed by atoms with Gasteiger partial charge in [0, 0.05) is 5.02 Å². The molecule has 3 rings (SSSR count). The second-order valence-corrected chi connectivity index (χ2v) is 7.92. The molecule has 0 saturated carbocycles. The van der Waals surface area contributed by atoms with Crippen LogP contribution in [0.1, 0.15) is 16.5 Å². The van der Waals surface area contributed by atoms with Crippen molar-refractivity contribution in [2.75, 3.05) is 0 Å². The summed E-state index contributed by atoms with van der Waals surface area (Å²) in [4.78, 5) is 0.269. The molecule has 0 saturated heterocycles. The van der Waals surface area contributed by atoms with Crippen LogP contribution in [-0.2, 0) is 16.3 Å². The van der Waals surface area contributed by atoms with Crippen molar-refractivity contribution in [2.24, 2.45) is 0 Å². The summed E-state index contributed by atoms with van der Waals surface area (Å²) in [5.41, 5.74) is 1.92. The molecule has 0 N–H and O–H groups in total. The van der Waals surface area contributed by atoms with Crippen LogP contribution in [0.25, 0.3) is 0 Å². The molecule has 0 amide bonds. The molecule has 0 aliphatic heterocycles. The third-order valence-electron chi connectivity index (χ3n) is 3.64. The fraction of sp³-hybridized carbons (Fsp3) is 0.200. The van der Waals surface area contributed by atoms with Gasteiger partial charge in [0.1, 0.15) is 0 Å². The molecular formula is C15H12Cl2O2S. The lowest BCUT2D eigenvalue weighted by molar-refractivity contribution is 0.579. The Morgan fingerprint density at radius 2 is 1.65 bits per heavy atom. The van der Waals surface area contributed by atoms with Crippen molar-refractivity contribution in [2.45, 2.75) is 21.9 Å². The lowest BCUT2D eigenvalue weighted by Gasteiger charge is -2.15. The Labute approximate surface area is 128 Å². The number of halogens is 2. The quantitative estimate of drug-likeness (QED) is 0.781. The maximum Gasteiger partial charge on any atom is 0.183 e. The summed E-state index contributed by atoms with van der Waals surface area (Å²) in [7, 11) is -3.46. The Morgan fingerprint density at radius 3 is 2.30 bits per heavy atom. The maximum atomic E-state index is 12.7. The molecule has 2 nitrogen and oxygen atoms in total. The largest absolute Gasteiger partial charge is 0.223 e. The van der Waals surface area contributed by atoms with Gasteiger partial charge in [0.25, 0.3) is 0 Å². The second kappa shape index (κ2) is 5.06. The topological polar surface area (TPSA) is 34.1 Å². The molecule has 0 radical (unpaired) electrons. The molecule has 20 heavy (non-hydrogen) atoms. The monoisotopic (exact) mass is 326 g/mol. The molecule has 0 heterocycles.